The second-order valence-electron chi connectivity index (χ2n) is 7.94. The number of nitrogens with two attached hydrogens (primary N) is 1. The first-order chi connectivity index (χ1) is 11.8. The van der Waals surface area contributed by atoms with Crippen LogP contribution in [-0.4, -0.2) is 34.2 Å². The summed E-state index contributed by atoms with van der Waals surface area (Å²) in [6, 6.07) is 7.54. The van der Waals surface area contributed by atoms with Gasteiger partial charge in [-0.3, -0.25) is 0 Å². The molecular formula is C19H29N3O4. The Bertz CT molecular complexity index is 685. The van der Waals surface area contributed by atoms with Crippen LogP contribution in [0.2, 0.25) is 0 Å². The number of benzene rings is 1. The van der Waals surface area contributed by atoms with Crippen molar-refractivity contribution in [3.05, 3.63) is 35.4 Å². The topological polar surface area (TPSA) is 94.2 Å². The van der Waals surface area contributed by atoms with E-state index in [1.165, 1.54) is 0 Å². The molecule has 0 atom stereocenters. The standard InChI is InChI=1S/C19H29N3O4/c1-13-10-8-9-11-14(13)12-22(17(24)26-19(5,6)7)15(20)21-16(23)25-18(2,3)4/h8-11H,12H2,1-7H3,(H2,20,21,23). The molecule has 0 heterocycles. The summed E-state index contributed by atoms with van der Waals surface area (Å²) in [7, 11) is 0. The van der Waals surface area contributed by atoms with Crippen LogP contribution in [0.25, 0.3) is 0 Å². The largest absolute Gasteiger partial charge is 0.443 e. The van der Waals surface area contributed by atoms with Gasteiger partial charge in [-0.15, -0.1) is 4.99 Å². The molecule has 0 aliphatic rings. The number of aryl methyl sites for hydroxylation is 1. The smallest absolute Gasteiger partial charge is 0.437 e. The summed E-state index contributed by atoms with van der Waals surface area (Å²) in [4.78, 5) is 29.3. The molecule has 7 heteroatoms. The fourth-order valence-corrected chi connectivity index (χ4v) is 1.95. The van der Waals surface area contributed by atoms with Gasteiger partial charge in [-0.05, 0) is 59.6 Å². The fraction of sp³-hybridized carbons (Fsp3) is 0.526. The Kier molecular flexibility index (Phi) is 6.78. The third kappa shape index (κ3) is 7.55. The summed E-state index contributed by atoms with van der Waals surface area (Å²) in [5.74, 6) is -0.281. The molecule has 0 unspecified atom stereocenters. The molecule has 1 aromatic carbocycles. The molecule has 0 aliphatic carbocycles. The average Bonchev–Trinajstić information content (AvgIpc) is 2.41. The van der Waals surface area contributed by atoms with Gasteiger partial charge in [0.2, 0.25) is 5.96 Å². The number of amides is 2. The third-order valence-corrected chi connectivity index (χ3v) is 3.08. The molecule has 0 radical (unpaired) electrons. The van der Waals surface area contributed by atoms with E-state index >= 15 is 0 Å². The lowest BCUT2D eigenvalue weighted by molar-refractivity contribution is 0.0356. The number of hydrogen-bond donors (Lipinski definition) is 1. The van der Waals surface area contributed by atoms with E-state index in [1.807, 2.05) is 31.2 Å². The number of carbonyl (C=O) groups is 2. The van der Waals surface area contributed by atoms with Gasteiger partial charge in [-0.2, -0.15) is 0 Å². The van der Waals surface area contributed by atoms with Crippen molar-refractivity contribution in [2.45, 2.75) is 66.2 Å². The van der Waals surface area contributed by atoms with Crippen LogP contribution in [0.15, 0.2) is 29.3 Å². The van der Waals surface area contributed by atoms with Crippen LogP contribution in [0.3, 0.4) is 0 Å². The molecule has 0 saturated heterocycles. The van der Waals surface area contributed by atoms with Crippen LogP contribution in [0.4, 0.5) is 9.59 Å². The van der Waals surface area contributed by atoms with Crippen molar-refractivity contribution in [2.24, 2.45) is 10.7 Å². The van der Waals surface area contributed by atoms with E-state index in [2.05, 4.69) is 4.99 Å². The van der Waals surface area contributed by atoms with E-state index in [4.69, 9.17) is 15.2 Å². The van der Waals surface area contributed by atoms with Crippen LogP contribution < -0.4 is 5.73 Å². The molecule has 1 rings (SSSR count). The summed E-state index contributed by atoms with van der Waals surface area (Å²) in [6.45, 7) is 12.4. The summed E-state index contributed by atoms with van der Waals surface area (Å²) < 4.78 is 10.5. The molecule has 0 aromatic heterocycles. The lowest BCUT2D eigenvalue weighted by Crippen LogP contribution is -2.45. The third-order valence-electron chi connectivity index (χ3n) is 3.08. The fourth-order valence-electron chi connectivity index (χ4n) is 1.95. The summed E-state index contributed by atoms with van der Waals surface area (Å²) in [5, 5.41) is 0. The molecule has 0 saturated carbocycles. The zero-order chi connectivity index (χ0) is 20.1. The van der Waals surface area contributed by atoms with Crippen molar-refractivity contribution >= 4 is 18.1 Å². The number of hydrogen-bond acceptors (Lipinski definition) is 4. The van der Waals surface area contributed by atoms with Gasteiger partial charge in [0.25, 0.3) is 0 Å². The number of rotatable bonds is 2. The van der Waals surface area contributed by atoms with Gasteiger partial charge in [0.15, 0.2) is 0 Å². The Morgan fingerprint density at radius 3 is 2.08 bits per heavy atom. The molecule has 0 fully saturated rings. The van der Waals surface area contributed by atoms with Crippen LogP contribution >= 0.6 is 0 Å². The Morgan fingerprint density at radius 1 is 1.04 bits per heavy atom. The SMILES string of the molecule is Cc1ccccc1CN(C(=O)OC(C)(C)C)/C(N)=N/C(=O)OC(C)(C)C. The maximum absolute atomic E-state index is 12.6. The van der Waals surface area contributed by atoms with Crippen molar-refractivity contribution in [3.63, 3.8) is 0 Å². The Hall–Kier alpha value is -2.57. The minimum absolute atomic E-state index is 0.125. The number of ether oxygens (including phenoxy) is 2. The zero-order valence-electron chi connectivity index (χ0n) is 16.6. The lowest BCUT2D eigenvalue weighted by Gasteiger charge is -2.27. The van der Waals surface area contributed by atoms with Gasteiger partial charge in [-0.1, -0.05) is 24.3 Å². The molecule has 2 N–H and O–H groups in total. The molecule has 2 amide bonds. The van der Waals surface area contributed by atoms with Crippen molar-refractivity contribution in [1.29, 1.82) is 0 Å². The van der Waals surface area contributed by atoms with Crippen molar-refractivity contribution in [2.75, 3.05) is 0 Å². The zero-order valence-corrected chi connectivity index (χ0v) is 16.6. The highest BCUT2D eigenvalue weighted by atomic mass is 16.6. The molecule has 7 nitrogen and oxygen atoms in total. The summed E-state index contributed by atoms with van der Waals surface area (Å²) >= 11 is 0. The Labute approximate surface area is 155 Å². The van der Waals surface area contributed by atoms with Gasteiger partial charge >= 0.3 is 12.2 Å². The van der Waals surface area contributed by atoms with Gasteiger partial charge < -0.3 is 15.2 Å². The van der Waals surface area contributed by atoms with Crippen LogP contribution in [0, 0.1) is 6.92 Å². The van der Waals surface area contributed by atoms with E-state index in [0.717, 1.165) is 16.0 Å². The molecular weight excluding hydrogens is 334 g/mol. The predicted octanol–water partition coefficient (Wildman–Crippen LogP) is 3.98. The van der Waals surface area contributed by atoms with Crippen molar-refractivity contribution in [1.82, 2.24) is 4.90 Å². The maximum Gasteiger partial charge on any atom is 0.437 e. The summed E-state index contributed by atoms with van der Waals surface area (Å²) in [6.07, 6.45) is -1.56. The normalized spacial score (nSPS) is 12.5. The highest BCUT2D eigenvalue weighted by Gasteiger charge is 2.26. The monoisotopic (exact) mass is 363 g/mol. The van der Waals surface area contributed by atoms with Gasteiger partial charge in [0.1, 0.15) is 11.2 Å². The van der Waals surface area contributed by atoms with Gasteiger partial charge in [0.05, 0.1) is 6.54 Å². The highest BCUT2D eigenvalue weighted by Crippen LogP contribution is 2.15. The van der Waals surface area contributed by atoms with Gasteiger partial charge in [0, 0.05) is 0 Å². The minimum atomic E-state index is -0.867. The first-order valence-electron chi connectivity index (χ1n) is 8.40. The van der Waals surface area contributed by atoms with Crippen molar-refractivity contribution < 1.29 is 19.1 Å². The second-order valence-corrected chi connectivity index (χ2v) is 7.94. The van der Waals surface area contributed by atoms with Crippen LogP contribution in [0.1, 0.15) is 52.7 Å². The van der Waals surface area contributed by atoms with Crippen molar-refractivity contribution in [3.8, 4) is 0 Å². The molecule has 26 heavy (non-hydrogen) atoms. The predicted molar refractivity (Wildman–Crippen MR) is 101 cm³/mol. The van der Waals surface area contributed by atoms with Gasteiger partial charge in [-0.25, -0.2) is 14.5 Å². The number of carbonyl (C=O) groups excluding carboxylic acids is 2. The first kappa shape index (κ1) is 21.5. The van der Waals surface area contributed by atoms with E-state index in [9.17, 15) is 9.59 Å². The molecule has 0 bridgehead atoms. The maximum atomic E-state index is 12.6. The minimum Gasteiger partial charge on any atom is -0.443 e. The molecule has 0 aliphatic heterocycles. The van der Waals surface area contributed by atoms with E-state index < -0.39 is 23.4 Å². The quantitative estimate of drug-likeness (QED) is 0.633. The number of nitrogens with zero attached hydrogens (tertiary/aromatic N) is 2. The first-order valence-corrected chi connectivity index (χ1v) is 8.40. The lowest BCUT2D eigenvalue weighted by atomic mass is 10.1. The average molecular weight is 363 g/mol. The van der Waals surface area contributed by atoms with E-state index in [-0.39, 0.29) is 12.5 Å². The molecule has 1 aromatic rings. The molecule has 0 spiro atoms. The summed E-state index contributed by atoms with van der Waals surface area (Å²) in [5.41, 5.74) is 6.34. The van der Waals surface area contributed by atoms with E-state index in [1.54, 1.807) is 41.5 Å². The number of aliphatic imine (C=N–C) groups is 1. The van der Waals surface area contributed by atoms with Crippen LogP contribution in [0.5, 0.6) is 0 Å². The Morgan fingerprint density at radius 2 is 1.58 bits per heavy atom. The Balaban J connectivity index is 3.12. The van der Waals surface area contributed by atoms with E-state index in [0.29, 0.717) is 0 Å². The number of guanidine groups is 1. The highest BCUT2D eigenvalue weighted by molar-refractivity contribution is 5.98. The second kappa shape index (κ2) is 8.21. The molecule has 144 valence electrons. The van der Waals surface area contributed by atoms with Crippen LogP contribution in [-0.2, 0) is 16.0 Å².